The van der Waals surface area contributed by atoms with Crippen LogP contribution in [0.5, 0.6) is 0 Å². The highest BCUT2D eigenvalue weighted by atomic mass is 79.9. The van der Waals surface area contributed by atoms with E-state index in [2.05, 4.69) is 21.2 Å². The molecule has 0 fully saturated rings. The molecule has 0 saturated heterocycles. The van der Waals surface area contributed by atoms with Crippen molar-refractivity contribution in [3.63, 3.8) is 0 Å². The quantitative estimate of drug-likeness (QED) is 0.431. The third-order valence-electron chi connectivity index (χ3n) is 5.43. The van der Waals surface area contributed by atoms with Crippen LogP contribution in [0.2, 0.25) is 0 Å². The fraction of sp³-hybridized carbons (Fsp3) is 0.440. The number of nitrogens with one attached hydrogen (secondary N) is 1. The van der Waals surface area contributed by atoms with Gasteiger partial charge in [0.25, 0.3) is 0 Å². The van der Waals surface area contributed by atoms with Crippen molar-refractivity contribution in [3.05, 3.63) is 64.6 Å². The summed E-state index contributed by atoms with van der Waals surface area (Å²) in [7, 11) is -2.11. The van der Waals surface area contributed by atoms with E-state index in [0.29, 0.717) is 25.4 Å². The van der Waals surface area contributed by atoms with Gasteiger partial charge in [0.15, 0.2) is 0 Å². The van der Waals surface area contributed by atoms with Crippen LogP contribution in [0.25, 0.3) is 0 Å². The van der Waals surface area contributed by atoms with Gasteiger partial charge in [0, 0.05) is 37.6 Å². The molecule has 0 aliphatic rings. The van der Waals surface area contributed by atoms with Gasteiger partial charge >= 0.3 is 0 Å². The lowest BCUT2D eigenvalue weighted by Gasteiger charge is -2.29. The predicted molar refractivity (Wildman–Crippen MR) is 137 cm³/mol. The minimum atomic E-state index is -3.62. The number of halogens is 1. The summed E-state index contributed by atoms with van der Waals surface area (Å²) in [5.41, 5.74) is 0.906. The second-order valence-corrected chi connectivity index (χ2v) is 11.7. The van der Waals surface area contributed by atoms with Gasteiger partial charge < -0.3 is 10.2 Å². The van der Waals surface area contributed by atoms with Crippen molar-refractivity contribution in [2.24, 2.45) is 5.92 Å². The first-order valence-electron chi connectivity index (χ1n) is 11.4. The highest BCUT2D eigenvalue weighted by Gasteiger charge is 2.27. The Bertz CT molecular complexity index is 1040. The third-order valence-corrected chi connectivity index (χ3v) is 7.83. The van der Waals surface area contributed by atoms with Gasteiger partial charge in [0.05, 0.1) is 4.90 Å². The highest BCUT2D eigenvalue weighted by Crippen LogP contribution is 2.17. The topological polar surface area (TPSA) is 86.8 Å². The van der Waals surface area contributed by atoms with E-state index in [4.69, 9.17) is 0 Å². The summed E-state index contributed by atoms with van der Waals surface area (Å²) in [4.78, 5) is 27.7. The van der Waals surface area contributed by atoms with E-state index in [1.807, 2.05) is 38.1 Å². The Hall–Kier alpha value is -2.23. The van der Waals surface area contributed by atoms with Crippen LogP contribution in [0.1, 0.15) is 39.2 Å². The van der Waals surface area contributed by atoms with Crippen LogP contribution in [0.4, 0.5) is 0 Å². The maximum Gasteiger partial charge on any atom is 0.242 e. The molecule has 1 N–H and O–H groups in total. The Balaban J connectivity index is 2.06. The van der Waals surface area contributed by atoms with Crippen LogP contribution < -0.4 is 5.32 Å². The molecule has 0 spiro atoms. The molecule has 0 aromatic heterocycles. The van der Waals surface area contributed by atoms with E-state index >= 15 is 0 Å². The highest BCUT2D eigenvalue weighted by molar-refractivity contribution is 9.10. The standard InChI is InChI=1S/C25H34BrN3O4S/c1-19(2)17-27-25(31)20(3)29(18-21-12-14-22(26)15-13-21)24(30)11-8-16-28(4)34(32,33)23-9-6-5-7-10-23/h5-7,9-10,12-15,19-20H,8,11,16-18H2,1-4H3,(H,27,31). The van der Waals surface area contributed by atoms with Gasteiger partial charge in [-0.25, -0.2) is 12.7 Å². The summed E-state index contributed by atoms with van der Waals surface area (Å²) in [6.45, 7) is 6.76. The summed E-state index contributed by atoms with van der Waals surface area (Å²) in [5, 5.41) is 2.90. The summed E-state index contributed by atoms with van der Waals surface area (Å²) in [6.07, 6.45) is 0.478. The van der Waals surface area contributed by atoms with Crippen LogP contribution in [-0.2, 0) is 26.2 Å². The Morgan fingerprint density at radius 1 is 1.00 bits per heavy atom. The lowest BCUT2D eigenvalue weighted by molar-refractivity contribution is -0.140. The van der Waals surface area contributed by atoms with Crippen LogP contribution in [0.15, 0.2) is 64.0 Å². The van der Waals surface area contributed by atoms with Crippen molar-refractivity contribution in [2.45, 2.75) is 51.1 Å². The molecule has 2 aromatic carbocycles. The molecule has 186 valence electrons. The molecular weight excluding hydrogens is 518 g/mol. The molecule has 1 unspecified atom stereocenters. The summed E-state index contributed by atoms with van der Waals surface area (Å²) < 4.78 is 27.6. The third kappa shape index (κ3) is 8.21. The maximum atomic E-state index is 13.2. The lowest BCUT2D eigenvalue weighted by atomic mass is 10.1. The smallest absolute Gasteiger partial charge is 0.242 e. The fourth-order valence-corrected chi connectivity index (χ4v) is 4.81. The normalized spacial score (nSPS) is 12.6. The molecule has 2 amide bonds. The molecule has 9 heteroatoms. The number of benzene rings is 2. The van der Waals surface area contributed by atoms with E-state index in [1.54, 1.807) is 42.2 Å². The van der Waals surface area contributed by atoms with Crippen molar-refractivity contribution >= 4 is 37.8 Å². The van der Waals surface area contributed by atoms with Crippen LogP contribution >= 0.6 is 15.9 Å². The van der Waals surface area contributed by atoms with Crippen LogP contribution in [0, 0.1) is 5.92 Å². The van der Waals surface area contributed by atoms with Gasteiger partial charge in [-0.05, 0) is 49.1 Å². The van der Waals surface area contributed by atoms with E-state index < -0.39 is 16.1 Å². The van der Waals surface area contributed by atoms with Gasteiger partial charge in [-0.3, -0.25) is 9.59 Å². The molecule has 0 heterocycles. The Labute approximate surface area is 211 Å². The summed E-state index contributed by atoms with van der Waals surface area (Å²) in [6, 6.07) is 15.2. The molecule has 0 aliphatic heterocycles. The zero-order chi connectivity index (χ0) is 25.3. The van der Waals surface area contributed by atoms with Crippen molar-refractivity contribution in [2.75, 3.05) is 20.1 Å². The molecule has 0 saturated carbocycles. The Kier molecular flexibility index (Phi) is 10.7. The van der Waals surface area contributed by atoms with Crippen molar-refractivity contribution in [1.82, 2.24) is 14.5 Å². The predicted octanol–water partition coefficient (Wildman–Crippen LogP) is 4.04. The average molecular weight is 553 g/mol. The Morgan fingerprint density at radius 3 is 2.21 bits per heavy atom. The first-order valence-corrected chi connectivity index (χ1v) is 13.6. The molecule has 0 aliphatic carbocycles. The van der Waals surface area contributed by atoms with Crippen molar-refractivity contribution in [1.29, 1.82) is 0 Å². The van der Waals surface area contributed by atoms with Crippen molar-refractivity contribution in [3.8, 4) is 0 Å². The number of amides is 2. The minimum absolute atomic E-state index is 0.132. The summed E-state index contributed by atoms with van der Waals surface area (Å²) in [5.74, 6) is -0.0996. The second kappa shape index (κ2) is 13.0. The van der Waals surface area contributed by atoms with Crippen molar-refractivity contribution < 1.29 is 18.0 Å². The monoisotopic (exact) mass is 551 g/mol. The van der Waals surface area contributed by atoms with Gasteiger partial charge in [0.2, 0.25) is 21.8 Å². The number of sulfonamides is 1. The molecule has 7 nitrogen and oxygen atoms in total. The fourth-order valence-electron chi connectivity index (χ4n) is 3.31. The first-order chi connectivity index (χ1) is 16.0. The minimum Gasteiger partial charge on any atom is -0.354 e. The van der Waals surface area contributed by atoms with Crippen LogP contribution in [-0.4, -0.2) is 55.6 Å². The SMILES string of the molecule is CC(C)CNC(=O)C(C)N(Cc1ccc(Br)cc1)C(=O)CCCN(C)S(=O)(=O)c1ccccc1. The number of carbonyl (C=O) groups is 2. The Morgan fingerprint density at radius 2 is 1.62 bits per heavy atom. The number of carbonyl (C=O) groups excluding carboxylic acids is 2. The molecule has 34 heavy (non-hydrogen) atoms. The molecule has 0 radical (unpaired) electrons. The van der Waals surface area contributed by atoms with Gasteiger partial charge in [0.1, 0.15) is 6.04 Å². The zero-order valence-electron chi connectivity index (χ0n) is 20.2. The first kappa shape index (κ1) is 28.0. The molecule has 1 atom stereocenters. The van der Waals surface area contributed by atoms with E-state index in [1.165, 1.54) is 11.4 Å². The number of hydrogen-bond donors (Lipinski definition) is 1. The van der Waals surface area contributed by atoms with E-state index in [-0.39, 0.29) is 29.7 Å². The van der Waals surface area contributed by atoms with Gasteiger partial charge in [-0.1, -0.05) is 60.1 Å². The van der Waals surface area contributed by atoms with Gasteiger partial charge in [-0.2, -0.15) is 0 Å². The molecular formula is C25H34BrN3O4S. The number of rotatable bonds is 12. The zero-order valence-corrected chi connectivity index (χ0v) is 22.6. The molecule has 2 aromatic rings. The van der Waals surface area contributed by atoms with Crippen LogP contribution in [0.3, 0.4) is 0 Å². The molecule has 2 rings (SSSR count). The average Bonchev–Trinajstić information content (AvgIpc) is 2.82. The second-order valence-electron chi connectivity index (χ2n) is 8.71. The maximum absolute atomic E-state index is 13.2. The van der Waals surface area contributed by atoms with E-state index in [0.717, 1.165) is 10.0 Å². The largest absolute Gasteiger partial charge is 0.354 e. The number of hydrogen-bond acceptors (Lipinski definition) is 4. The summed E-state index contributed by atoms with van der Waals surface area (Å²) >= 11 is 3.41. The molecule has 0 bridgehead atoms. The van der Waals surface area contributed by atoms with E-state index in [9.17, 15) is 18.0 Å². The number of nitrogens with zero attached hydrogens (tertiary/aromatic N) is 2. The lowest BCUT2D eigenvalue weighted by Crippen LogP contribution is -2.48. The van der Waals surface area contributed by atoms with Gasteiger partial charge in [-0.15, -0.1) is 0 Å².